The lowest BCUT2D eigenvalue weighted by Gasteiger charge is -2.11. The van der Waals surface area contributed by atoms with Gasteiger partial charge in [-0.25, -0.2) is 8.78 Å². The molecule has 0 fully saturated rings. The van der Waals surface area contributed by atoms with Gasteiger partial charge >= 0.3 is 0 Å². The number of anilines is 1. The molecule has 0 aliphatic heterocycles. The highest BCUT2D eigenvalue weighted by atomic mass is 35.5. The van der Waals surface area contributed by atoms with Crippen LogP contribution >= 0.6 is 11.6 Å². The summed E-state index contributed by atoms with van der Waals surface area (Å²) in [5.74, 6) is -0.613. The van der Waals surface area contributed by atoms with Gasteiger partial charge in [0, 0.05) is 22.8 Å². The van der Waals surface area contributed by atoms with Crippen LogP contribution in [0, 0.1) is 18.6 Å². The van der Waals surface area contributed by atoms with Crippen LogP contribution in [0.25, 0.3) is 0 Å². The van der Waals surface area contributed by atoms with Crippen LogP contribution in [-0.2, 0) is 6.54 Å². The second-order valence-electron chi connectivity index (χ2n) is 4.00. The van der Waals surface area contributed by atoms with E-state index in [0.717, 1.165) is 0 Å². The van der Waals surface area contributed by atoms with Gasteiger partial charge in [-0.1, -0.05) is 17.7 Å². The SMILES string of the molecule is Cc1c(F)cccc1NCc1cc(F)ccc1Cl. The predicted molar refractivity (Wildman–Crippen MR) is 69.9 cm³/mol. The number of hydrogen-bond donors (Lipinski definition) is 1. The third-order valence-electron chi connectivity index (χ3n) is 2.74. The van der Waals surface area contributed by atoms with E-state index in [4.69, 9.17) is 11.6 Å². The molecule has 0 aliphatic carbocycles. The monoisotopic (exact) mass is 267 g/mol. The standard InChI is InChI=1S/C14H12ClF2N/c1-9-13(17)3-2-4-14(9)18-8-10-7-11(16)5-6-12(10)15/h2-7,18H,8H2,1H3. The van der Waals surface area contributed by atoms with Gasteiger partial charge in [0.2, 0.25) is 0 Å². The molecule has 0 atom stereocenters. The smallest absolute Gasteiger partial charge is 0.128 e. The van der Waals surface area contributed by atoms with Gasteiger partial charge in [0.15, 0.2) is 0 Å². The number of hydrogen-bond acceptors (Lipinski definition) is 1. The van der Waals surface area contributed by atoms with Gasteiger partial charge in [-0.2, -0.15) is 0 Å². The van der Waals surface area contributed by atoms with Crippen molar-refractivity contribution in [3.05, 3.63) is 64.2 Å². The van der Waals surface area contributed by atoms with Crippen molar-refractivity contribution in [2.45, 2.75) is 13.5 Å². The molecule has 18 heavy (non-hydrogen) atoms. The Labute approximate surface area is 109 Å². The van der Waals surface area contributed by atoms with Crippen molar-refractivity contribution in [1.82, 2.24) is 0 Å². The molecule has 2 rings (SSSR count). The van der Waals surface area contributed by atoms with Crippen LogP contribution in [0.2, 0.25) is 5.02 Å². The highest BCUT2D eigenvalue weighted by Crippen LogP contribution is 2.21. The van der Waals surface area contributed by atoms with Crippen LogP contribution in [0.5, 0.6) is 0 Å². The van der Waals surface area contributed by atoms with Gasteiger partial charge < -0.3 is 5.32 Å². The van der Waals surface area contributed by atoms with E-state index in [0.29, 0.717) is 28.4 Å². The number of nitrogens with one attached hydrogen (secondary N) is 1. The molecule has 0 radical (unpaired) electrons. The maximum absolute atomic E-state index is 13.3. The number of rotatable bonds is 3. The van der Waals surface area contributed by atoms with Crippen molar-refractivity contribution in [2.24, 2.45) is 0 Å². The Morgan fingerprint density at radius 3 is 2.72 bits per heavy atom. The van der Waals surface area contributed by atoms with Crippen molar-refractivity contribution in [3.8, 4) is 0 Å². The molecule has 0 amide bonds. The molecule has 0 aromatic heterocycles. The molecular weight excluding hydrogens is 256 g/mol. The van der Waals surface area contributed by atoms with Gasteiger partial charge in [0.05, 0.1) is 0 Å². The second-order valence-corrected chi connectivity index (χ2v) is 4.41. The van der Waals surface area contributed by atoms with Crippen molar-refractivity contribution in [3.63, 3.8) is 0 Å². The first-order valence-corrected chi connectivity index (χ1v) is 5.88. The van der Waals surface area contributed by atoms with E-state index >= 15 is 0 Å². The fourth-order valence-electron chi connectivity index (χ4n) is 1.67. The molecule has 0 heterocycles. The molecule has 0 saturated heterocycles. The van der Waals surface area contributed by atoms with Gasteiger partial charge in [-0.05, 0) is 42.8 Å². The predicted octanol–water partition coefficient (Wildman–Crippen LogP) is 4.54. The zero-order valence-corrected chi connectivity index (χ0v) is 10.6. The Hall–Kier alpha value is -1.61. The maximum atomic E-state index is 13.3. The lowest BCUT2D eigenvalue weighted by atomic mass is 10.1. The molecule has 2 aromatic carbocycles. The molecular formula is C14H12ClF2N. The van der Waals surface area contributed by atoms with Crippen LogP contribution < -0.4 is 5.32 Å². The van der Waals surface area contributed by atoms with Gasteiger partial charge in [0.25, 0.3) is 0 Å². The van der Waals surface area contributed by atoms with Gasteiger partial charge in [-0.3, -0.25) is 0 Å². The fraction of sp³-hybridized carbons (Fsp3) is 0.143. The lowest BCUT2D eigenvalue weighted by molar-refractivity contribution is 0.618. The molecule has 0 spiro atoms. The van der Waals surface area contributed by atoms with Crippen LogP contribution in [0.3, 0.4) is 0 Å². The summed E-state index contributed by atoms with van der Waals surface area (Å²) >= 11 is 5.95. The fourth-order valence-corrected chi connectivity index (χ4v) is 1.85. The summed E-state index contributed by atoms with van der Waals surface area (Å²) in [6, 6.07) is 8.97. The third-order valence-corrected chi connectivity index (χ3v) is 3.11. The molecule has 0 saturated carbocycles. The summed E-state index contributed by atoms with van der Waals surface area (Å²) in [6.07, 6.45) is 0. The highest BCUT2D eigenvalue weighted by Gasteiger charge is 2.05. The van der Waals surface area contributed by atoms with E-state index in [1.54, 1.807) is 19.1 Å². The summed E-state index contributed by atoms with van der Waals surface area (Å²) in [6.45, 7) is 2.03. The minimum Gasteiger partial charge on any atom is -0.381 e. The number of benzene rings is 2. The molecule has 0 aliphatic rings. The first-order chi connectivity index (χ1) is 8.58. The largest absolute Gasteiger partial charge is 0.381 e. The minimum atomic E-state index is -0.341. The van der Waals surface area contributed by atoms with Crippen molar-refractivity contribution >= 4 is 17.3 Å². The van der Waals surface area contributed by atoms with Crippen molar-refractivity contribution in [2.75, 3.05) is 5.32 Å². The molecule has 2 aromatic rings. The molecule has 1 nitrogen and oxygen atoms in total. The van der Waals surface area contributed by atoms with Crippen LogP contribution in [0.15, 0.2) is 36.4 Å². The van der Waals surface area contributed by atoms with Gasteiger partial charge in [0.1, 0.15) is 11.6 Å². The quantitative estimate of drug-likeness (QED) is 0.861. The van der Waals surface area contributed by atoms with E-state index in [1.165, 1.54) is 24.3 Å². The van der Waals surface area contributed by atoms with E-state index in [2.05, 4.69) is 5.32 Å². The molecule has 0 unspecified atom stereocenters. The van der Waals surface area contributed by atoms with Crippen LogP contribution in [0.4, 0.5) is 14.5 Å². The highest BCUT2D eigenvalue weighted by molar-refractivity contribution is 6.31. The Morgan fingerprint density at radius 2 is 1.94 bits per heavy atom. The Bertz CT molecular complexity index is 568. The first kappa shape index (κ1) is 12.8. The summed E-state index contributed by atoms with van der Waals surface area (Å²) in [4.78, 5) is 0. The number of halogens is 3. The Balaban J connectivity index is 2.16. The summed E-state index contributed by atoms with van der Waals surface area (Å²) < 4.78 is 26.4. The van der Waals surface area contributed by atoms with Crippen LogP contribution in [-0.4, -0.2) is 0 Å². The Morgan fingerprint density at radius 1 is 1.17 bits per heavy atom. The van der Waals surface area contributed by atoms with E-state index in [-0.39, 0.29) is 11.6 Å². The third kappa shape index (κ3) is 2.79. The average molecular weight is 268 g/mol. The van der Waals surface area contributed by atoms with Crippen molar-refractivity contribution < 1.29 is 8.78 Å². The molecule has 1 N–H and O–H groups in total. The maximum Gasteiger partial charge on any atom is 0.128 e. The second kappa shape index (κ2) is 5.36. The summed E-state index contributed by atoms with van der Waals surface area (Å²) in [7, 11) is 0. The van der Waals surface area contributed by atoms with Crippen molar-refractivity contribution in [1.29, 1.82) is 0 Å². The lowest BCUT2D eigenvalue weighted by Crippen LogP contribution is -2.03. The zero-order chi connectivity index (χ0) is 13.1. The minimum absolute atomic E-state index is 0.273. The summed E-state index contributed by atoms with van der Waals surface area (Å²) in [5.41, 5.74) is 1.85. The zero-order valence-electron chi connectivity index (χ0n) is 9.81. The van der Waals surface area contributed by atoms with E-state index < -0.39 is 0 Å². The Kier molecular flexibility index (Phi) is 3.82. The van der Waals surface area contributed by atoms with Gasteiger partial charge in [-0.15, -0.1) is 0 Å². The molecule has 0 bridgehead atoms. The summed E-state index contributed by atoms with van der Waals surface area (Å²) in [5, 5.41) is 3.53. The molecule has 94 valence electrons. The topological polar surface area (TPSA) is 12.0 Å². The van der Waals surface area contributed by atoms with E-state index in [1.807, 2.05) is 0 Å². The average Bonchev–Trinajstić information content (AvgIpc) is 2.35. The first-order valence-electron chi connectivity index (χ1n) is 5.51. The van der Waals surface area contributed by atoms with E-state index in [9.17, 15) is 8.78 Å². The van der Waals surface area contributed by atoms with Crippen LogP contribution in [0.1, 0.15) is 11.1 Å². The normalized spacial score (nSPS) is 10.4. The molecule has 4 heteroatoms.